The average Bonchev–Trinajstić information content (AvgIpc) is 2.49. The summed E-state index contributed by atoms with van der Waals surface area (Å²) in [6.45, 7) is 7.25. The molecular weight excluding hydrogens is 339 g/mol. The van der Waals surface area contributed by atoms with Gasteiger partial charge in [0.25, 0.3) is 0 Å². The molecule has 0 unspecified atom stereocenters. The number of hydrogen-bond acceptors (Lipinski definition) is 4. The Morgan fingerprint density at radius 3 is 2.24 bits per heavy atom. The first-order chi connectivity index (χ1) is 10.2. The van der Waals surface area contributed by atoms with Crippen molar-refractivity contribution < 1.29 is 13.9 Å². The fourth-order valence-corrected chi connectivity index (χ4v) is 2.28. The molecule has 0 N–H and O–H groups in total. The molecule has 0 heterocycles. The highest BCUT2D eigenvalue weighted by atomic mass is 79.9. The molecule has 0 aromatic heterocycles. The molecule has 0 fully saturated rings. The second kappa shape index (κ2) is 9.72. The van der Waals surface area contributed by atoms with Gasteiger partial charge in [-0.05, 0) is 41.9 Å². The number of hydrogen-bond donors (Lipinski definition) is 0. The molecule has 0 aliphatic rings. The summed E-state index contributed by atoms with van der Waals surface area (Å²) in [4.78, 5) is 1.87. The van der Waals surface area contributed by atoms with Gasteiger partial charge < -0.3 is 14.4 Å². The Hall–Kier alpha value is -1.16. The van der Waals surface area contributed by atoms with Crippen molar-refractivity contribution in [2.24, 2.45) is 0 Å². The molecular formula is C15H20BrFN2O2. The van der Waals surface area contributed by atoms with Gasteiger partial charge in [0, 0.05) is 26.3 Å². The van der Waals surface area contributed by atoms with Crippen LogP contribution >= 0.6 is 15.9 Å². The maximum Gasteiger partial charge on any atom is 0.161 e. The molecule has 0 atom stereocenters. The standard InChI is InChI=1S/C15H20BrFN2O2/c1-3-20-9-7-19(8-10-21-4-2)13-6-5-12(11-18)14(16)15(13)17/h5-6H,3-4,7-10H2,1-2H3. The number of nitrogens with zero attached hydrogens (tertiary/aromatic N) is 2. The minimum atomic E-state index is -0.429. The summed E-state index contributed by atoms with van der Waals surface area (Å²) in [5.41, 5.74) is 0.728. The molecule has 0 radical (unpaired) electrons. The molecule has 0 aliphatic carbocycles. The minimum absolute atomic E-state index is 0.195. The SMILES string of the molecule is CCOCCN(CCOCC)c1ccc(C#N)c(Br)c1F. The van der Waals surface area contributed by atoms with E-state index < -0.39 is 5.82 Å². The van der Waals surface area contributed by atoms with Crippen LogP contribution in [0.2, 0.25) is 0 Å². The fraction of sp³-hybridized carbons (Fsp3) is 0.533. The normalized spacial score (nSPS) is 10.4. The zero-order valence-corrected chi connectivity index (χ0v) is 14.0. The van der Waals surface area contributed by atoms with Crippen molar-refractivity contribution in [1.82, 2.24) is 0 Å². The second-order valence-electron chi connectivity index (χ2n) is 4.25. The van der Waals surface area contributed by atoms with E-state index in [0.717, 1.165) is 0 Å². The lowest BCUT2D eigenvalue weighted by Crippen LogP contribution is -2.32. The molecule has 21 heavy (non-hydrogen) atoms. The van der Waals surface area contributed by atoms with E-state index in [1.54, 1.807) is 12.1 Å². The maximum atomic E-state index is 14.4. The van der Waals surface area contributed by atoms with Crippen LogP contribution in [0.5, 0.6) is 0 Å². The monoisotopic (exact) mass is 358 g/mol. The lowest BCUT2D eigenvalue weighted by Gasteiger charge is -2.25. The first-order valence-corrected chi connectivity index (χ1v) is 7.73. The third kappa shape index (κ3) is 5.27. The largest absolute Gasteiger partial charge is 0.380 e. The number of anilines is 1. The van der Waals surface area contributed by atoms with E-state index in [-0.39, 0.29) is 10.0 Å². The topological polar surface area (TPSA) is 45.5 Å². The zero-order valence-electron chi connectivity index (χ0n) is 12.4. The Morgan fingerprint density at radius 2 is 1.76 bits per heavy atom. The van der Waals surface area contributed by atoms with Crippen molar-refractivity contribution in [3.63, 3.8) is 0 Å². The predicted octanol–water partition coefficient (Wildman–Crippen LogP) is 3.34. The molecule has 0 bridgehead atoms. The van der Waals surface area contributed by atoms with Gasteiger partial charge >= 0.3 is 0 Å². The maximum absolute atomic E-state index is 14.4. The van der Waals surface area contributed by atoms with Crippen LogP contribution in [0.25, 0.3) is 0 Å². The molecule has 4 nitrogen and oxygen atoms in total. The van der Waals surface area contributed by atoms with Gasteiger partial charge in [-0.15, -0.1) is 0 Å². The highest BCUT2D eigenvalue weighted by Gasteiger charge is 2.16. The number of rotatable bonds is 9. The van der Waals surface area contributed by atoms with Crippen molar-refractivity contribution in [1.29, 1.82) is 5.26 Å². The Kier molecular flexibility index (Phi) is 8.28. The number of halogens is 2. The molecule has 1 aromatic rings. The Bertz CT molecular complexity index is 481. The zero-order chi connectivity index (χ0) is 15.7. The average molecular weight is 359 g/mol. The third-order valence-corrected chi connectivity index (χ3v) is 3.72. The molecule has 116 valence electrons. The Morgan fingerprint density at radius 1 is 1.19 bits per heavy atom. The van der Waals surface area contributed by atoms with Gasteiger partial charge in [-0.3, -0.25) is 0 Å². The minimum Gasteiger partial charge on any atom is -0.380 e. The summed E-state index contributed by atoms with van der Waals surface area (Å²) in [6, 6.07) is 5.18. The van der Waals surface area contributed by atoms with E-state index in [4.69, 9.17) is 14.7 Å². The molecule has 6 heteroatoms. The molecule has 0 saturated heterocycles. The number of benzene rings is 1. The van der Waals surface area contributed by atoms with E-state index >= 15 is 0 Å². The van der Waals surface area contributed by atoms with Gasteiger partial charge in [-0.2, -0.15) is 5.26 Å². The van der Waals surface area contributed by atoms with Crippen LogP contribution in [0.15, 0.2) is 16.6 Å². The van der Waals surface area contributed by atoms with Crippen LogP contribution in [0.3, 0.4) is 0 Å². The van der Waals surface area contributed by atoms with Crippen LogP contribution in [-0.4, -0.2) is 39.5 Å². The number of ether oxygens (including phenoxy) is 2. The lowest BCUT2D eigenvalue weighted by atomic mass is 10.2. The van der Waals surface area contributed by atoms with E-state index in [2.05, 4.69) is 15.9 Å². The molecule has 0 aliphatic heterocycles. The summed E-state index contributed by atoms with van der Waals surface area (Å²) in [7, 11) is 0. The van der Waals surface area contributed by atoms with Gasteiger partial charge in [0.05, 0.1) is 28.9 Å². The summed E-state index contributed by atoms with van der Waals surface area (Å²) in [5, 5.41) is 8.92. The van der Waals surface area contributed by atoms with Gasteiger partial charge in [-0.25, -0.2) is 4.39 Å². The van der Waals surface area contributed by atoms with Crippen molar-refractivity contribution >= 4 is 21.6 Å². The van der Waals surface area contributed by atoms with Crippen molar-refractivity contribution in [3.8, 4) is 6.07 Å². The summed E-state index contributed by atoms with van der Waals surface area (Å²) < 4.78 is 25.3. The lowest BCUT2D eigenvalue weighted by molar-refractivity contribution is 0.141. The fourth-order valence-electron chi connectivity index (χ4n) is 1.86. The van der Waals surface area contributed by atoms with Gasteiger partial charge in [-0.1, -0.05) is 0 Å². The van der Waals surface area contributed by atoms with Crippen LogP contribution in [0, 0.1) is 17.1 Å². The third-order valence-electron chi connectivity index (χ3n) is 2.94. The summed E-state index contributed by atoms with van der Waals surface area (Å²) in [5.74, 6) is -0.429. The van der Waals surface area contributed by atoms with E-state index in [9.17, 15) is 4.39 Å². The number of nitriles is 1. The van der Waals surface area contributed by atoms with Crippen molar-refractivity contribution in [3.05, 3.63) is 28.0 Å². The van der Waals surface area contributed by atoms with Crippen LogP contribution in [0.1, 0.15) is 19.4 Å². The molecule has 1 aromatic carbocycles. The Labute approximate surface area is 133 Å². The summed E-state index contributed by atoms with van der Waals surface area (Å²) >= 11 is 3.14. The predicted molar refractivity (Wildman–Crippen MR) is 84.0 cm³/mol. The van der Waals surface area contributed by atoms with Crippen LogP contribution < -0.4 is 4.90 Å². The van der Waals surface area contributed by atoms with Crippen molar-refractivity contribution in [2.45, 2.75) is 13.8 Å². The highest BCUT2D eigenvalue weighted by Crippen LogP contribution is 2.29. The quantitative estimate of drug-likeness (QED) is 0.635. The van der Waals surface area contributed by atoms with E-state index in [0.29, 0.717) is 45.2 Å². The van der Waals surface area contributed by atoms with E-state index in [1.165, 1.54) is 0 Å². The van der Waals surface area contributed by atoms with Crippen LogP contribution in [0.4, 0.5) is 10.1 Å². The smallest absolute Gasteiger partial charge is 0.161 e. The first-order valence-electron chi connectivity index (χ1n) is 6.94. The van der Waals surface area contributed by atoms with Gasteiger partial charge in [0.15, 0.2) is 5.82 Å². The summed E-state index contributed by atoms with van der Waals surface area (Å²) in [6.07, 6.45) is 0. The highest BCUT2D eigenvalue weighted by molar-refractivity contribution is 9.10. The molecule has 1 rings (SSSR count). The second-order valence-corrected chi connectivity index (χ2v) is 5.05. The van der Waals surface area contributed by atoms with Crippen LogP contribution in [-0.2, 0) is 9.47 Å². The van der Waals surface area contributed by atoms with E-state index in [1.807, 2.05) is 24.8 Å². The molecule has 0 saturated carbocycles. The van der Waals surface area contributed by atoms with Crippen molar-refractivity contribution in [2.75, 3.05) is 44.4 Å². The van der Waals surface area contributed by atoms with Gasteiger partial charge in [0.1, 0.15) is 6.07 Å². The molecule has 0 amide bonds. The molecule has 0 spiro atoms. The Balaban J connectivity index is 2.90. The van der Waals surface area contributed by atoms with Gasteiger partial charge in [0.2, 0.25) is 0 Å². The first kappa shape index (κ1) is 17.9.